The lowest BCUT2D eigenvalue weighted by molar-refractivity contribution is -0.132. The van der Waals surface area contributed by atoms with Gasteiger partial charge in [-0.25, -0.2) is 0 Å². The minimum absolute atomic E-state index is 0.0406. The number of Topliss-reactive ketones (excluding diaryl/α,β-unsaturated/α-hetero) is 1. The van der Waals surface area contributed by atoms with Gasteiger partial charge >= 0.3 is 0 Å². The molecule has 1 N–H and O–H groups in total. The maximum absolute atomic E-state index is 13.2. The Hall–Kier alpha value is -4.06. The average Bonchev–Trinajstić information content (AvgIpc) is 3.11. The summed E-state index contributed by atoms with van der Waals surface area (Å²) in [7, 11) is 0. The number of nitrogens with zero attached hydrogens (tertiary/aromatic N) is 1. The van der Waals surface area contributed by atoms with Crippen LogP contribution in [0.2, 0.25) is 0 Å². The highest BCUT2D eigenvalue weighted by molar-refractivity contribution is 6.51. The van der Waals surface area contributed by atoms with Gasteiger partial charge in [0, 0.05) is 11.3 Å². The van der Waals surface area contributed by atoms with E-state index in [2.05, 4.69) is 0 Å². The summed E-state index contributed by atoms with van der Waals surface area (Å²) in [5.41, 5.74) is 2.78. The number of carbonyl (C=O) groups is 2. The average molecular weight is 458 g/mol. The lowest BCUT2D eigenvalue weighted by Crippen LogP contribution is -2.29. The molecule has 4 rings (SSSR count). The van der Waals surface area contributed by atoms with Crippen molar-refractivity contribution in [3.8, 4) is 11.5 Å². The first-order chi connectivity index (χ1) is 16.4. The zero-order valence-corrected chi connectivity index (χ0v) is 19.4. The third-order valence-corrected chi connectivity index (χ3v) is 5.70. The van der Waals surface area contributed by atoms with Crippen molar-refractivity contribution in [2.45, 2.75) is 26.8 Å². The number of aryl methyl sites for hydroxylation is 1. The second kappa shape index (κ2) is 9.83. The summed E-state index contributed by atoms with van der Waals surface area (Å²) in [6, 6.07) is 20.6. The highest BCUT2D eigenvalue weighted by Gasteiger charge is 2.46. The first kappa shape index (κ1) is 23.1. The van der Waals surface area contributed by atoms with Gasteiger partial charge in [-0.3, -0.25) is 14.5 Å². The van der Waals surface area contributed by atoms with Crippen molar-refractivity contribution in [1.82, 2.24) is 0 Å². The minimum atomic E-state index is -0.787. The quantitative estimate of drug-likeness (QED) is 0.291. The summed E-state index contributed by atoms with van der Waals surface area (Å²) in [4.78, 5) is 27.9. The van der Waals surface area contributed by atoms with Crippen molar-refractivity contribution in [1.29, 1.82) is 0 Å². The van der Waals surface area contributed by atoms with Crippen LogP contribution in [0.15, 0.2) is 78.4 Å². The topological polar surface area (TPSA) is 76.1 Å². The smallest absolute Gasteiger partial charge is 0.300 e. The predicted molar refractivity (Wildman–Crippen MR) is 131 cm³/mol. The lowest BCUT2D eigenvalue weighted by Gasteiger charge is -2.25. The highest BCUT2D eigenvalue weighted by atomic mass is 16.5. The van der Waals surface area contributed by atoms with Gasteiger partial charge in [-0.1, -0.05) is 29.8 Å². The second-order valence-electron chi connectivity index (χ2n) is 7.96. The van der Waals surface area contributed by atoms with Crippen LogP contribution < -0.4 is 14.4 Å². The Balaban J connectivity index is 1.85. The van der Waals surface area contributed by atoms with Crippen molar-refractivity contribution in [2.24, 2.45) is 0 Å². The first-order valence-corrected chi connectivity index (χ1v) is 11.3. The summed E-state index contributed by atoms with van der Waals surface area (Å²) in [5, 5.41) is 11.2. The van der Waals surface area contributed by atoms with Crippen LogP contribution in [0.5, 0.6) is 11.5 Å². The number of ketones is 1. The van der Waals surface area contributed by atoms with Gasteiger partial charge in [-0.15, -0.1) is 0 Å². The normalized spacial score (nSPS) is 17.1. The molecule has 3 aromatic carbocycles. The molecule has 6 nitrogen and oxygen atoms in total. The molecular formula is C28H27NO5. The fourth-order valence-corrected chi connectivity index (χ4v) is 4.06. The molecule has 1 aliphatic heterocycles. The van der Waals surface area contributed by atoms with Gasteiger partial charge < -0.3 is 14.6 Å². The molecular weight excluding hydrogens is 430 g/mol. The Kier molecular flexibility index (Phi) is 6.68. The number of aliphatic hydroxyl groups excluding tert-OH is 1. The second-order valence-corrected chi connectivity index (χ2v) is 7.96. The number of benzene rings is 3. The monoisotopic (exact) mass is 457 g/mol. The summed E-state index contributed by atoms with van der Waals surface area (Å²) < 4.78 is 11.0. The Morgan fingerprint density at radius 1 is 0.824 bits per heavy atom. The predicted octanol–water partition coefficient (Wildman–Crippen LogP) is 5.42. The number of amides is 1. The van der Waals surface area contributed by atoms with Crippen molar-refractivity contribution < 1.29 is 24.2 Å². The number of ether oxygens (including phenoxy) is 2. The molecule has 1 heterocycles. The van der Waals surface area contributed by atoms with E-state index in [0.29, 0.717) is 41.5 Å². The van der Waals surface area contributed by atoms with E-state index >= 15 is 0 Å². The molecule has 1 amide bonds. The van der Waals surface area contributed by atoms with Gasteiger partial charge in [0.25, 0.3) is 11.7 Å². The van der Waals surface area contributed by atoms with Crippen molar-refractivity contribution in [2.75, 3.05) is 18.1 Å². The third-order valence-electron chi connectivity index (χ3n) is 5.70. The van der Waals surface area contributed by atoms with E-state index in [4.69, 9.17) is 9.47 Å². The summed E-state index contributed by atoms with van der Waals surface area (Å²) >= 11 is 0. The van der Waals surface area contributed by atoms with Gasteiger partial charge in [-0.2, -0.15) is 0 Å². The molecule has 34 heavy (non-hydrogen) atoms. The van der Waals surface area contributed by atoms with Gasteiger partial charge in [0.05, 0.1) is 24.8 Å². The zero-order chi connectivity index (χ0) is 24.2. The van der Waals surface area contributed by atoms with Crippen molar-refractivity contribution >= 4 is 23.1 Å². The molecule has 6 heteroatoms. The van der Waals surface area contributed by atoms with Crippen LogP contribution >= 0.6 is 0 Å². The van der Waals surface area contributed by atoms with E-state index in [0.717, 1.165) is 5.56 Å². The maximum Gasteiger partial charge on any atom is 0.300 e. The van der Waals surface area contributed by atoms with Crippen LogP contribution in [-0.2, 0) is 9.59 Å². The minimum Gasteiger partial charge on any atom is -0.507 e. The molecule has 0 saturated carbocycles. The van der Waals surface area contributed by atoms with Crippen LogP contribution in [0.1, 0.15) is 36.6 Å². The maximum atomic E-state index is 13.2. The van der Waals surface area contributed by atoms with E-state index < -0.39 is 17.7 Å². The molecule has 1 aliphatic rings. The Morgan fingerprint density at radius 3 is 1.88 bits per heavy atom. The number of anilines is 1. The van der Waals surface area contributed by atoms with E-state index in [1.807, 2.05) is 45.0 Å². The first-order valence-electron chi connectivity index (χ1n) is 11.3. The Morgan fingerprint density at radius 2 is 1.35 bits per heavy atom. The lowest BCUT2D eigenvalue weighted by atomic mass is 9.95. The van der Waals surface area contributed by atoms with Crippen LogP contribution in [0, 0.1) is 6.92 Å². The molecule has 1 saturated heterocycles. The summed E-state index contributed by atoms with van der Waals surface area (Å²) in [6.45, 7) is 6.78. The molecule has 0 spiro atoms. The number of aliphatic hydroxyl groups is 1. The van der Waals surface area contributed by atoms with Gasteiger partial charge in [-0.05, 0) is 74.9 Å². The molecule has 1 fully saturated rings. The van der Waals surface area contributed by atoms with Crippen LogP contribution in [0.4, 0.5) is 5.69 Å². The SMILES string of the molecule is CCOc1ccc(/C(O)=C2\C(=O)C(=O)N(c3ccc(C)cc3)C2c2ccc(OCC)cc2)cc1. The molecule has 0 bridgehead atoms. The fraction of sp³-hybridized carbons (Fsp3) is 0.214. The van der Waals surface area contributed by atoms with Crippen molar-refractivity contribution in [3.05, 3.63) is 95.1 Å². The molecule has 1 unspecified atom stereocenters. The van der Waals surface area contributed by atoms with Crippen LogP contribution in [0.3, 0.4) is 0 Å². The van der Waals surface area contributed by atoms with E-state index in [1.165, 1.54) is 4.90 Å². The Labute approximate surface area is 199 Å². The molecule has 0 radical (unpaired) electrons. The van der Waals surface area contributed by atoms with E-state index in [1.54, 1.807) is 48.5 Å². The number of hydrogen-bond acceptors (Lipinski definition) is 5. The van der Waals surface area contributed by atoms with Gasteiger partial charge in [0.2, 0.25) is 0 Å². The molecule has 1 atom stereocenters. The standard InChI is InChI=1S/C28H27NO5/c1-4-33-22-14-8-19(9-15-22)25-24(26(30)20-10-16-23(17-11-20)34-5-2)27(31)28(32)29(25)21-12-6-18(3)7-13-21/h6-17,25,30H,4-5H2,1-3H3/b26-24+. The fourth-order valence-electron chi connectivity index (χ4n) is 4.06. The summed E-state index contributed by atoms with van der Waals surface area (Å²) in [6.07, 6.45) is 0. The van der Waals surface area contributed by atoms with Gasteiger partial charge in [0.1, 0.15) is 17.3 Å². The molecule has 174 valence electrons. The van der Waals surface area contributed by atoms with Crippen LogP contribution in [0.25, 0.3) is 5.76 Å². The largest absolute Gasteiger partial charge is 0.507 e. The molecule has 3 aromatic rings. The number of rotatable bonds is 7. The van der Waals surface area contributed by atoms with Crippen LogP contribution in [-0.4, -0.2) is 30.0 Å². The number of hydrogen-bond donors (Lipinski definition) is 1. The zero-order valence-electron chi connectivity index (χ0n) is 19.4. The van der Waals surface area contributed by atoms with E-state index in [-0.39, 0.29) is 11.3 Å². The third kappa shape index (κ3) is 4.39. The number of carbonyl (C=O) groups excluding carboxylic acids is 2. The van der Waals surface area contributed by atoms with E-state index in [9.17, 15) is 14.7 Å². The molecule has 0 aromatic heterocycles. The highest BCUT2D eigenvalue weighted by Crippen LogP contribution is 2.42. The Bertz CT molecular complexity index is 1210. The summed E-state index contributed by atoms with van der Waals surface area (Å²) in [5.74, 6) is -0.303. The van der Waals surface area contributed by atoms with Gasteiger partial charge in [0.15, 0.2) is 0 Å². The molecule has 0 aliphatic carbocycles. The van der Waals surface area contributed by atoms with Crippen molar-refractivity contribution in [3.63, 3.8) is 0 Å².